The van der Waals surface area contributed by atoms with Gasteiger partial charge >= 0.3 is 11.9 Å². The van der Waals surface area contributed by atoms with Crippen LogP contribution in [0.2, 0.25) is 0 Å². The molecule has 0 N–H and O–H groups in total. The largest absolute Gasteiger partial charge is 0.431 e. The lowest BCUT2D eigenvalue weighted by Crippen LogP contribution is -2.41. The smallest absolute Gasteiger partial charge is 0.292 e. The summed E-state index contributed by atoms with van der Waals surface area (Å²) in [6.45, 7) is 1.15. The third kappa shape index (κ3) is 3.21. The Hall–Kier alpha value is -2.91. The second kappa shape index (κ2) is 5.95. The highest BCUT2D eigenvalue weighted by molar-refractivity contribution is 5.42. The highest BCUT2D eigenvalue weighted by Crippen LogP contribution is 2.26. The maximum absolute atomic E-state index is 12.8. The molecule has 0 aliphatic rings. The molecule has 2 rings (SSSR count). The Morgan fingerprint density at radius 3 is 2.38 bits per heavy atom. The Morgan fingerprint density at radius 2 is 1.83 bits per heavy atom. The molecular formula is C14H12F3N3O4. The van der Waals surface area contributed by atoms with Crippen LogP contribution in [0.25, 0.3) is 0 Å². The zero-order valence-corrected chi connectivity index (χ0v) is 12.6. The molecule has 0 atom stereocenters. The highest BCUT2D eigenvalue weighted by Gasteiger charge is 2.34. The first-order valence-electron chi connectivity index (χ1n) is 6.64. The van der Waals surface area contributed by atoms with Gasteiger partial charge in [-0.05, 0) is 12.5 Å². The molecule has 0 bridgehead atoms. The van der Waals surface area contributed by atoms with Crippen molar-refractivity contribution in [2.24, 2.45) is 7.05 Å². The van der Waals surface area contributed by atoms with Crippen LogP contribution >= 0.6 is 0 Å². The fraction of sp³-hybridized carbons (Fsp3) is 0.286. The second-order valence-corrected chi connectivity index (χ2v) is 5.17. The van der Waals surface area contributed by atoms with Gasteiger partial charge < -0.3 is 0 Å². The molecule has 0 fully saturated rings. The normalized spacial score (nSPS) is 11.5. The lowest BCUT2D eigenvalue weighted by Gasteiger charge is -2.14. The Kier molecular flexibility index (Phi) is 4.32. The van der Waals surface area contributed by atoms with Gasteiger partial charge in [-0.25, -0.2) is 4.79 Å². The van der Waals surface area contributed by atoms with E-state index in [1.807, 2.05) is 0 Å². The van der Waals surface area contributed by atoms with E-state index in [9.17, 15) is 32.9 Å². The topological polar surface area (TPSA) is 87.1 Å². The maximum atomic E-state index is 12.8. The van der Waals surface area contributed by atoms with Crippen molar-refractivity contribution >= 4 is 5.69 Å². The third-order valence-corrected chi connectivity index (χ3v) is 3.51. The summed E-state index contributed by atoms with van der Waals surface area (Å²) in [6.07, 6.45) is -4.84. The molecule has 0 amide bonds. The molecule has 24 heavy (non-hydrogen) atoms. The van der Waals surface area contributed by atoms with Gasteiger partial charge in [-0.1, -0.05) is 12.1 Å². The van der Waals surface area contributed by atoms with Crippen LogP contribution in [0.5, 0.6) is 0 Å². The number of aromatic nitrogens is 2. The Balaban J connectivity index is 2.55. The van der Waals surface area contributed by atoms with E-state index in [2.05, 4.69) is 0 Å². The predicted molar refractivity (Wildman–Crippen MR) is 77.9 cm³/mol. The summed E-state index contributed by atoms with van der Waals surface area (Å²) in [4.78, 5) is 34.2. The van der Waals surface area contributed by atoms with Crippen molar-refractivity contribution in [2.45, 2.75) is 19.6 Å². The van der Waals surface area contributed by atoms with Gasteiger partial charge in [0.25, 0.3) is 11.2 Å². The zero-order valence-electron chi connectivity index (χ0n) is 12.6. The van der Waals surface area contributed by atoms with Crippen LogP contribution in [0.1, 0.15) is 16.8 Å². The lowest BCUT2D eigenvalue weighted by atomic mass is 10.1. The number of hydrogen-bond donors (Lipinski definition) is 0. The average molecular weight is 343 g/mol. The van der Waals surface area contributed by atoms with Gasteiger partial charge in [-0.3, -0.25) is 24.0 Å². The van der Waals surface area contributed by atoms with Crippen molar-refractivity contribution in [3.63, 3.8) is 0 Å². The predicted octanol–water partition coefficient (Wildman–Crippen LogP) is 1.83. The van der Waals surface area contributed by atoms with Gasteiger partial charge in [-0.2, -0.15) is 13.2 Å². The van der Waals surface area contributed by atoms with Gasteiger partial charge in [0.2, 0.25) is 0 Å². The number of nitro benzene ring substituents is 1. The van der Waals surface area contributed by atoms with Gasteiger partial charge in [-0.15, -0.1) is 0 Å². The number of nitrogens with zero attached hydrogens (tertiary/aromatic N) is 3. The molecule has 0 aliphatic heterocycles. The van der Waals surface area contributed by atoms with Gasteiger partial charge in [0.1, 0.15) is 5.69 Å². The fourth-order valence-electron chi connectivity index (χ4n) is 2.22. The van der Waals surface area contributed by atoms with Crippen LogP contribution < -0.4 is 11.2 Å². The van der Waals surface area contributed by atoms with Crippen molar-refractivity contribution in [1.29, 1.82) is 0 Å². The molecule has 1 heterocycles. The van der Waals surface area contributed by atoms with Crippen molar-refractivity contribution in [3.05, 3.63) is 72.0 Å². The molecule has 1 aromatic heterocycles. The Labute approximate surface area is 132 Å². The van der Waals surface area contributed by atoms with Crippen LogP contribution in [0.3, 0.4) is 0 Å². The van der Waals surface area contributed by atoms with Crippen molar-refractivity contribution in [1.82, 2.24) is 9.13 Å². The molecule has 128 valence electrons. The minimum absolute atomic E-state index is 0.204. The molecule has 0 unspecified atom stereocenters. The molecule has 10 heteroatoms. The molecule has 7 nitrogen and oxygen atoms in total. The summed E-state index contributed by atoms with van der Waals surface area (Å²) in [7, 11) is 0.901. The minimum Gasteiger partial charge on any atom is -0.292 e. The standard InChI is InChI=1S/C14H12F3N3O4/c1-8-3-4-9(5-10(8)20(23)24)7-19-12(21)6-11(14(15,16)17)18(2)13(19)22/h3-6H,7H2,1-2H3. The van der Waals surface area contributed by atoms with E-state index in [-0.39, 0.29) is 17.8 Å². The van der Waals surface area contributed by atoms with Crippen molar-refractivity contribution < 1.29 is 18.1 Å². The average Bonchev–Trinajstić information content (AvgIpc) is 2.47. The first-order valence-corrected chi connectivity index (χ1v) is 6.64. The van der Waals surface area contributed by atoms with Crippen molar-refractivity contribution in [2.75, 3.05) is 0 Å². The number of hydrogen-bond acceptors (Lipinski definition) is 4. The number of nitro groups is 1. The summed E-state index contributed by atoms with van der Waals surface area (Å²) in [6, 6.07) is 4.40. The van der Waals surface area contributed by atoms with E-state index in [0.717, 1.165) is 7.05 Å². The van der Waals surface area contributed by atoms with Gasteiger partial charge in [0, 0.05) is 24.7 Å². The molecule has 2 aromatic rings. The number of alkyl halides is 3. The summed E-state index contributed by atoms with van der Waals surface area (Å²) < 4.78 is 39.2. The van der Waals surface area contributed by atoms with E-state index in [1.54, 1.807) is 0 Å². The van der Waals surface area contributed by atoms with E-state index in [4.69, 9.17) is 0 Å². The monoisotopic (exact) mass is 343 g/mol. The van der Waals surface area contributed by atoms with Crippen LogP contribution in [-0.4, -0.2) is 14.1 Å². The van der Waals surface area contributed by atoms with E-state index in [1.165, 1.54) is 25.1 Å². The Bertz CT molecular complexity index is 928. The van der Waals surface area contributed by atoms with Crippen LogP contribution in [0, 0.1) is 17.0 Å². The summed E-state index contributed by atoms with van der Waals surface area (Å²) in [5.41, 5.74) is -3.21. The summed E-state index contributed by atoms with van der Waals surface area (Å²) in [5, 5.41) is 10.9. The number of halogens is 3. The van der Waals surface area contributed by atoms with E-state index >= 15 is 0 Å². The SMILES string of the molecule is Cc1ccc(Cn2c(=O)cc(C(F)(F)F)n(C)c2=O)cc1[N+](=O)[O-]. The van der Waals surface area contributed by atoms with Gasteiger partial charge in [0.15, 0.2) is 0 Å². The molecular weight excluding hydrogens is 331 g/mol. The summed E-state index contributed by atoms with van der Waals surface area (Å²) >= 11 is 0. The first-order chi connectivity index (χ1) is 11.0. The van der Waals surface area contributed by atoms with Crippen LogP contribution in [-0.2, 0) is 19.8 Å². The number of benzene rings is 1. The molecule has 0 saturated heterocycles. The quantitative estimate of drug-likeness (QED) is 0.628. The number of rotatable bonds is 3. The van der Waals surface area contributed by atoms with Gasteiger partial charge in [0.05, 0.1) is 11.5 Å². The summed E-state index contributed by atoms with van der Waals surface area (Å²) in [5.74, 6) is 0. The molecule has 0 spiro atoms. The van der Waals surface area contributed by atoms with Crippen LogP contribution in [0.4, 0.5) is 18.9 Å². The maximum Gasteiger partial charge on any atom is 0.431 e. The van der Waals surface area contributed by atoms with Crippen molar-refractivity contribution in [3.8, 4) is 0 Å². The third-order valence-electron chi connectivity index (χ3n) is 3.51. The minimum atomic E-state index is -4.84. The Morgan fingerprint density at radius 1 is 1.21 bits per heavy atom. The molecule has 1 aromatic carbocycles. The van der Waals surface area contributed by atoms with Crippen LogP contribution in [0.15, 0.2) is 33.9 Å². The molecule has 0 aliphatic carbocycles. The molecule has 0 saturated carbocycles. The van der Waals surface area contributed by atoms with E-state index < -0.39 is 28.0 Å². The highest BCUT2D eigenvalue weighted by atomic mass is 19.4. The fourth-order valence-corrected chi connectivity index (χ4v) is 2.22. The first kappa shape index (κ1) is 17.4. The molecule has 0 radical (unpaired) electrons. The zero-order chi connectivity index (χ0) is 18.2. The lowest BCUT2D eigenvalue weighted by molar-refractivity contribution is -0.385. The second-order valence-electron chi connectivity index (χ2n) is 5.17. The number of aryl methyl sites for hydroxylation is 1. The van der Waals surface area contributed by atoms with E-state index in [0.29, 0.717) is 20.8 Å².